The summed E-state index contributed by atoms with van der Waals surface area (Å²) >= 11 is 0. The van der Waals surface area contributed by atoms with Crippen LogP contribution in [0.3, 0.4) is 0 Å². The van der Waals surface area contributed by atoms with E-state index in [0.29, 0.717) is 4.90 Å². The molecule has 0 saturated carbocycles. The van der Waals surface area contributed by atoms with Crippen LogP contribution in [0.2, 0.25) is 0 Å². The van der Waals surface area contributed by atoms with Crippen LogP contribution in [0.25, 0.3) is 0 Å². The standard InChI is InChI=1S/C14H20N2O2S.ClH/c1-16(13-7-8-15-10-13)19(17,18)14-6-5-11-3-2-4-12(11)9-14;/h5-6,9,13,15H,2-4,7-8,10H2,1H3;1H. The van der Waals surface area contributed by atoms with E-state index in [1.165, 1.54) is 15.4 Å². The predicted molar refractivity (Wildman–Crippen MR) is 81.9 cm³/mol. The molecule has 1 fully saturated rings. The summed E-state index contributed by atoms with van der Waals surface area (Å²) in [5, 5.41) is 3.21. The maximum atomic E-state index is 12.6. The van der Waals surface area contributed by atoms with Gasteiger partial charge in [0.1, 0.15) is 0 Å². The van der Waals surface area contributed by atoms with Crippen molar-refractivity contribution in [2.24, 2.45) is 0 Å². The minimum Gasteiger partial charge on any atom is -0.315 e. The molecule has 0 amide bonds. The van der Waals surface area contributed by atoms with Crippen molar-refractivity contribution in [1.29, 1.82) is 0 Å². The van der Waals surface area contributed by atoms with Crippen molar-refractivity contribution in [3.8, 4) is 0 Å². The Morgan fingerprint density at radius 1 is 1.25 bits per heavy atom. The lowest BCUT2D eigenvalue weighted by molar-refractivity contribution is 0.387. The van der Waals surface area contributed by atoms with Crippen molar-refractivity contribution in [3.63, 3.8) is 0 Å². The number of hydrogen-bond acceptors (Lipinski definition) is 3. The van der Waals surface area contributed by atoms with Gasteiger partial charge in [0.25, 0.3) is 0 Å². The Bertz CT molecular complexity index is 583. The second-order valence-electron chi connectivity index (χ2n) is 5.45. The molecule has 0 spiro atoms. The van der Waals surface area contributed by atoms with Gasteiger partial charge in [-0.2, -0.15) is 4.31 Å². The zero-order chi connectivity index (χ0) is 13.5. The Hall–Kier alpha value is -0.620. The molecule has 1 N–H and O–H groups in total. The molecule has 1 aliphatic heterocycles. The maximum Gasteiger partial charge on any atom is 0.243 e. The Morgan fingerprint density at radius 2 is 2.00 bits per heavy atom. The van der Waals surface area contributed by atoms with Gasteiger partial charge in [-0.25, -0.2) is 8.42 Å². The number of hydrogen-bond donors (Lipinski definition) is 1. The summed E-state index contributed by atoms with van der Waals surface area (Å²) in [7, 11) is -1.66. The molecule has 0 bridgehead atoms. The largest absolute Gasteiger partial charge is 0.315 e. The number of fused-ring (bicyclic) bond motifs is 1. The van der Waals surface area contributed by atoms with Crippen LogP contribution in [0.5, 0.6) is 0 Å². The summed E-state index contributed by atoms with van der Waals surface area (Å²) in [6.07, 6.45) is 4.12. The van der Waals surface area contributed by atoms with E-state index in [-0.39, 0.29) is 18.4 Å². The van der Waals surface area contributed by atoms with Crippen molar-refractivity contribution in [1.82, 2.24) is 9.62 Å². The van der Waals surface area contributed by atoms with Crippen LogP contribution < -0.4 is 5.32 Å². The Kier molecular flexibility index (Phi) is 4.74. The molecule has 6 heteroatoms. The van der Waals surface area contributed by atoms with Gasteiger partial charge in [0.2, 0.25) is 10.0 Å². The lowest BCUT2D eigenvalue weighted by atomic mass is 10.1. The van der Waals surface area contributed by atoms with Crippen LogP contribution >= 0.6 is 12.4 Å². The number of halogens is 1. The highest BCUT2D eigenvalue weighted by Gasteiger charge is 2.30. The van der Waals surface area contributed by atoms with Gasteiger partial charge in [0.05, 0.1) is 4.90 Å². The zero-order valence-corrected chi connectivity index (χ0v) is 13.3. The van der Waals surface area contributed by atoms with E-state index in [9.17, 15) is 8.42 Å². The van der Waals surface area contributed by atoms with E-state index in [0.717, 1.165) is 38.8 Å². The van der Waals surface area contributed by atoms with E-state index in [1.807, 2.05) is 12.1 Å². The molecule has 1 aromatic carbocycles. The van der Waals surface area contributed by atoms with E-state index in [2.05, 4.69) is 5.32 Å². The second-order valence-corrected chi connectivity index (χ2v) is 7.45. The number of rotatable bonds is 3. The third-order valence-electron chi connectivity index (χ3n) is 4.30. The van der Waals surface area contributed by atoms with Crippen molar-refractivity contribution in [2.75, 3.05) is 20.1 Å². The first-order valence-corrected chi connectivity index (χ1v) is 8.33. The summed E-state index contributed by atoms with van der Waals surface area (Å²) < 4.78 is 26.8. The number of aryl methyl sites for hydroxylation is 2. The van der Waals surface area contributed by atoms with Gasteiger partial charge in [-0.05, 0) is 55.5 Å². The highest BCUT2D eigenvalue weighted by Crippen LogP contribution is 2.27. The van der Waals surface area contributed by atoms with Crippen LogP contribution in [-0.4, -0.2) is 38.9 Å². The molecule has 1 atom stereocenters. The molecule has 20 heavy (non-hydrogen) atoms. The molecule has 0 aromatic heterocycles. The minimum absolute atomic E-state index is 0. The molecule has 2 aliphatic rings. The summed E-state index contributed by atoms with van der Waals surface area (Å²) in [4.78, 5) is 0.447. The summed E-state index contributed by atoms with van der Waals surface area (Å²) in [5.41, 5.74) is 2.52. The van der Waals surface area contributed by atoms with Gasteiger partial charge >= 0.3 is 0 Å². The van der Waals surface area contributed by atoms with Gasteiger partial charge in [0.15, 0.2) is 0 Å². The molecular formula is C14H21ClN2O2S. The number of benzene rings is 1. The normalized spacial score (nSPS) is 21.8. The molecular weight excluding hydrogens is 296 g/mol. The van der Waals surface area contributed by atoms with Crippen LogP contribution in [0.4, 0.5) is 0 Å². The van der Waals surface area contributed by atoms with Crippen LogP contribution in [-0.2, 0) is 22.9 Å². The molecule has 1 saturated heterocycles. The lowest BCUT2D eigenvalue weighted by Gasteiger charge is -2.23. The smallest absolute Gasteiger partial charge is 0.243 e. The zero-order valence-electron chi connectivity index (χ0n) is 11.6. The van der Waals surface area contributed by atoms with Crippen molar-refractivity contribution in [3.05, 3.63) is 29.3 Å². The summed E-state index contributed by atoms with van der Waals surface area (Å²) in [6.45, 7) is 1.65. The molecule has 3 rings (SSSR count). The van der Waals surface area contributed by atoms with E-state index in [4.69, 9.17) is 0 Å². The number of likely N-dealkylation sites (N-methyl/N-ethyl adjacent to an activating group) is 1. The molecule has 1 unspecified atom stereocenters. The fourth-order valence-electron chi connectivity index (χ4n) is 3.02. The molecule has 1 aliphatic carbocycles. The van der Waals surface area contributed by atoms with Crippen LogP contribution in [0.1, 0.15) is 24.0 Å². The molecule has 0 radical (unpaired) electrons. The van der Waals surface area contributed by atoms with Crippen molar-refractivity contribution >= 4 is 22.4 Å². The third-order valence-corrected chi connectivity index (χ3v) is 6.20. The number of nitrogens with one attached hydrogen (secondary N) is 1. The van der Waals surface area contributed by atoms with Crippen molar-refractivity contribution in [2.45, 2.75) is 36.6 Å². The van der Waals surface area contributed by atoms with Gasteiger partial charge in [-0.1, -0.05) is 6.07 Å². The first-order chi connectivity index (χ1) is 9.09. The monoisotopic (exact) mass is 316 g/mol. The first kappa shape index (κ1) is 15.8. The topological polar surface area (TPSA) is 49.4 Å². The Balaban J connectivity index is 0.00000147. The minimum atomic E-state index is -3.35. The van der Waals surface area contributed by atoms with E-state index >= 15 is 0 Å². The van der Waals surface area contributed by atoms with Crippen LogP contribution in [0.15, 0.2) is 23.1 Å². The summed E-state index contributed by atoms with van der Waals surface area (Å²) in [6, 6.07) is 5.70. The molecule has 1 heterocycles. The molecule has 4 nitrogen and oxygen atoms in total. The maximum absolute atomic E-state index is 12.6. The van der Waals surface area contributed by atoms with Gasteiger partial charge < -0.3 is 5.32 Å². The highest BCUT2D eigenvalue weighted by molar-refractivity contribution is 7.89. The van der Waals surface area contributed by atoms with Crippen molar-refractivity contribution < 1.29 is 8.42 Å². The average molecular weight is 317 g/mol. The predicted octanol–water partition coefficient (Wildman–Crippen LogP) is 1.58. The van der Waals surface area contributed by atoms with Crippen LogP contribution in [0, 0.1) is 0 Å². The quantitative estimate of drug-likeness (QED) is 0.921. The SMILES string of the molecule is CN(C1CCNC1)S(=O)(=O)c1ccc2c(c1)CCC2.Cl. The van der Waals surface area contributed by atoms with Gasteiger partial charge in [-0.15, -0.1) is 12.4 Å². The molecule has 1 aromatic rings. The Morgan fingerprint density at radius 3 is 2.70 bits per heavy atom. The first-order valence-electron chi connectivity index (χ1n) is 6.89. The van der Waals surface area contributed by atoms with E-state index in [1.54, 1.807) is 13.1 Å². The molecule has 112 valence electrons. The number of sulfonamides is 1. The summed E-state index contributed by atoms with van der Waals surface area (Å²) in [5.74, 6) is 0. The Labute approximate surface area is 127 Å². The fraction of sp³-hybridized carbons (Fsp3) is 0.571. The van der Waals surface area contributed by atoms with E-state index < -0.39 is 10.0 Å². The average Bonchev–Trinajstić information content (AvgIpc) is 3.07. The lowest BCUT2D eigenvalue weighted by Crippen LogP contribution is -2.38. The highest BCUT2D eigenvalue weighted by atomic mass is 35.5. The fourth-order valence-corrected chi connectivity index (χ4v) is 4.46. The van der Waals surface area contributed by atoms with Gasteiger partial charge in [-0.3, -0.25) is 0 Å². The second kappa shape index (κ2) is 6.02. The third kappa shape index (κ3) is 2.72. The number of nitrogens with zero attached hydrogens (tertiary/aromatic N) is 1. The van der Waals surface area contributed by atoms with Gasteiger partial charge in [0, 0.05) is 19.6 Å².